The molecule has 1 aromatic carbocycles. The summed E-state index contributed by atoms with van der Waals surface area (Å²) >= 11 is 0. The van der Waals surface area contributed by atoms with Gasteiger partial charge in [0.1, 0.15) is 5.75 Å². The zero-order valence-electron chi connectivity index (χ0n) is 14.6. The van der Waals surface area contributed by atoms with E-state index in [-0.39, 0.29) is 11.7 Å². The van der Waals surface area contributed by atoms with Crippen molar-refractivity contribution in [2.24, 2.45) is 7.05 Å². The van der Waals surface area contributed by atoms with Crippen LogP contribution in [0.5, 0.6) is 5.75 Å². The number of fused-ring (bicyclic) bond motifs is 1. The lowest BCUT2D eigenvalue weighted by atomic mass is 10.0. The average Bonchev–Trinajstić information content (AvgIpc) is 2.83. The third-order valence-electron chi connectivity index (χ3n) is 4.83. The summed E-state index contributed by atoms with van der Waals surface area (Å²) in [4.78, 5) is 18.5. The second-order valence-corrected chi connectivity index (χ2v) is 6.49. The van der Waals surface area contributed by atoms with Gasteiger partial charge in [0.2, 0.25) is 0 Å². The van der Waals surface area contributed by atoms with Crippen LogP contribution in [0, 0.1) is 0 Å². The van der Waals surface area contributed by atoms with Gasteiger partial charge in [-0.3, -0.25) is 14.5 Å². The van der Waals surface area contributed by atoms with E-state index >= 15 is 0 Å². The molecule has 0 aliphatic carbocycles. The van der Waals surface area contributed by atoms with Crippen molar-refractivity contribution in [1.29, 1.82) is 0 Å². The van der Waals surface area contributed by atoms with Crippen molar-refractivity contribution in [3.05, 3.63) is 65.6 Å². The molecule has 4 rings (SSSR count). The molecule has 132 valence electrons. The van der Waals surface area contributed by atoms with Crippen molar-refractivity contribution in [2.75, 3.05) is 13.1 Å². The molecule has 1 amide bonds. The number of aryl methyl sites for hydroxylation is 1. The van der Waals surface area contributed by atoms with Gasteiger partial charge in [-0.15, -0.1) is 0 Å². The molecular formula is C20H20N4O2. The van der Waals surface area contributed by atoms with Crippen molar-refractivity contribution < 1.29 is 9.90 Å². The van der Waals surface area contributed by atoms with Gasteiger partial charge in [-0.1, -0.05) is 30.3 Å². The van der Waals surface area contributed by atoms with E-state index in [9.17, 15) is 9.90 Å². The minimum atomic E-state index is -0.101. The number of benzene rings is 1. The molecule has 0 radical (unpaired) electrons. The van der Waals surface area contributed by atoms with Gasteiger partial charge < -0.3 is 10.0 Å². The van der Waals surface area contributed by atoms with Gasteiger partial charge in [-0.25, -0.2) is 0 Å². The van der Waals surface area contributed by atoms with Crippen molar-refractivity contribution in [2.45, 2.75) is 12.8 Å². The summed E-state index contributed by atoms with van der Waals surface area (Å²) in [5, 5.41) is 14.3. The molecular weight excluding hydrogens is 328 g/mol. The first-order valence-electron chi connectivity index (χ1n) is 8.67. The smallest absolute Gasteiger partial charge is 0.255 e. The first-order chi connectivity index (χ1) is 12.6. The Morgan fingerprint density at radius 3 is 2.65 bits per heavy atom. The summed E-state index contributed by atoms with van der Waals surface area (Å²) in [6.45, 7) is 1.24. The number of hydrogen-bond donors (Lipinski definition) is 1. The molecule has 0 spiro atoms. The number of carbonyl (C=O) groups excluding carboxylic acids is 1. The number of hydrogen-bond acceptors (Lipinski definition) is 4. The first kappa shape index (κ1) is 16.3. The molecule has 0 saturated carbocycles. The Labute approximate surface area is 151 Å². The van der Waals surface area contributed by atoms with Crippen molar-refractivity contribution >= 4 is 5.91 Å². The van der Waals surface area contributed by atoms with Crippen LogP contribution in [-0.2, 0) is 19.9 Å². The molecule has 3 heterocycles. The molecule has 6 nitrogen and oxygen atoms in total. The summed E-state index contributed by atoms with van der Waals surface area (Å²) in [5.74, 6) is -0.0973. The van der Waals surface area contributed by atoms with Gasteiger partial charge in [-0.05, 0) is 12.5 Å². The third-order valence-corrected chi connectivity index (χ3v) is 4.83. The quantitative estimate of drug-likeness (QED) is 0.772. The van der Waals surface area contributed by atoms with Gasteiger partial charge in [-0.2, -0.15) is 5.10 Å². The maximum Gasteiger partial charge on any atom is 0.255 e. The summed E-state index contributed by atoms with van der Waals surface area (Å²) in [5.41, 5.74) is 4.89. The molecule has 0 atom stereocenters. The monoisotopic (exact) mass is 348 g/mol. The average molecular weight is 348 g/mol. The number of carbonyl (C=O) groups is 1. The minimum absolute atomic E-state index is 0.00419. The summed E-state index contributed by atoms with van der Waals surface area (Å²) < 4.78 is 1.93. The third kappa shape index (κ3) is 2.94. The lowest BCUT2D eigenvalue weighted by Gasteiger charge is -2.20. The second kappa shape index (κ2) is 6.63. The molecule has 3 aromatic rings. The SMILES string of the molecule is Cn1nc(-c2ccccc2)c2c1CCN(C(=O)c1cncc(O)c1)CC2. The van der Waals surface area contributed by atoms with Crippen LogP contribution < -0.4 is 0 Å². The lowest BCUT2D eigenvalue weighted by molar-refractivity contribution is 0.0761. The largest absolute Gasteiger partial charge is 0.506 e. The number of aromatic nitrogens is 3. The predicted molar refractivity (Wildman–Crippen MR) is 97.9 cm³/mol. The van der Waals surface area contributed by atoms with Crippen LogP contribution in [-0.4, -0.2) is 43.8 Å². The Bertz CT molecular complexity index is 950. The highest BCUT2D eigenvalue weighted by Gasteiger charge is 2.25. The van der Waals surface area contributed by atoms with Gasteiger partial charge >= 0.3 is 0 Å². The highest BCUT2D eigenvalue weighted by atomic mass is 16.3. The summed E-state index contributed by atoms with van der Waals surface area (Å²) in [7, 11) is 1.96. The molecule has 0 fully saturated rings. The number of nitrogens with zero attached hydrogens (tertiary/aromatic N) is 4. The maximum absolute atomic E-state index is 12.8. The molecule has 1 aliphatic heterocycles. The first-order valence-corrected chi connectivity index (χ1v) is 8.67. The van der Waals surface area contributed by atoms with Gasteiger partial charge in [0.05, 0.1) is 17.5 Å². The normalized spacial score (nSPS) is 14.0. The highest BCUT2D eigenvalue weighted by Crippen LogP contribution is 2.28. The number of rotatable bonds is 2. The molecule has 0 saturated heterocycles. The fraction of sp³-hybridized carbons (Fsp3) is 0.250. The zero-order chi connectivity index (χ0) is 18.1. The van der Waals surface area contributed by atoms with E-state index in [0.717, 1.165) is 24.1 Å². The van der Waals surface area contributed by atoms with Gasteiger partial charge in [0.15, 0.2) is 0 Å². The van der Waals surface area contributed by atoms with Crippen LogP contribution in [0.15, 0.2) is 48.8 Å². The van der Waals surface area contributed by atoms with Crippen molar-refractivity contribution in [1.82, 2.24) is 19.7 Å². The minimum Gasteiger partial charge on any atom is -0.506 e. The van der Waals surface area contributed by atoms with E-state index in [0.29, 0.717) is 18.7 Å². The number of amides is 1. The molecule has 1 N–H and O–H groups in total. The van der Waals surface area contributed by atoms with Crippen molar-refractivity contribution in [3.8, 4) is 17.0 Å². The standard InChI is InChI=1S/C20H20N4O2/c1-23-18-8-10-24(20(26)15-11-16(25)13-21-12-15)9-7-17(18)19(22-23)14-5-3-2-4-6-14/h2-6,11-13,25H,7-10H2,1H3. The van der Waals surface area contributed by atoms with Gasteiger partial charge in [0, 0.05) is 49.6 Å². The molecule has 1 aliphatic rings. The second-order valence-electron chi connectivity index (χ2n) is 6.49. The van der Waals surface area contributed by atoms with E-state index in [1.165, 1.54) is 29.7 Å². The zero-order valence-corrected chi connectivity index (χ0v) is 14.6. The highest BCUT2D eigenvalue weighted by molar-refractivity contribution is 5.94. The molecule has 2 aromatic heterocycles. The molecule has 6 heteroatoms. The fourth-order valence-corrected chi connectivity index (χ4v) is 3.54. The summed E-state index contributed by atoms with van der Waals surface area (Å²) in [6.07, 6.45) is 4.33. The Kier molecular flexibility index (Phi) is 4.16. The molecule has 0 bridgehead atoms. The van der Waals surface area contributed by atoms with E-state index in [2.05, 4.69) is 17.1 Å². The topological polar surface area (TPSA) is 71.2 Å². The maximum atomic E-state index is 12.8. The van der Waals surface area contributed by atoms with E-state index in [1.54, 1.807) is 0 Å². The van der Waals surface area contributed by atoms with Crippen molar-refractivity contribution in [3.63, 3.8) is 0 Å². The number of aromatic hydroxyl groups is 1. The molecule has 26 heavy (non-hydrogen) atoms. The van der Waals surface area contributed by atoms with E-state index in [1.807, 2.05) is 34.8 Å². The fourth-order valence-electron chi connectivity index (χ4n) is 3.54. The van der Waals surface area contributed by atoms with E-state index < -0.39 is 0 Å². The lowest BCUT2D eigenvalue weighted by Crippen LogP contribution is -2.33. The van der Waals surface area contributed by atoms with Crippen LogP contribution in [0.4, 0.5) is 0 Å². The predicted octanol–water partition coefficient (Wildman–Crippen LogP) is 2.43. The Morgan fingerprint density at radius 2 is 1.88 bits per heavy atom. The Morgan fingerprint density at radius 1 is 1.12 bits per heavy atom. The summed E-state index contributed by atoms with van der Waals surface area (Å²) in [6, 6.07) is 11.6. The number of pyridine rings is 1. The van der Waals surface area contributed by atoms with E-state index in [4.69, 9.17) is 5.10 Å². The van der Waals surface area contributed by atoms with Gasteiger partial charge in [0.25, 0.3) is 5.91 Å². The van der Waals surface area contributed by atoms with Crippen LogP contribution in [0.3, 0.4) is 0 Å². The Balaban J connectivity index is 1.61. The Hall–Kier alpha value is -3.15. The molecule has 0 unspecified atom stereocenters. The van der Waals surface area contributed by atoms with Crippen LogP contribution in [0.2, 0.25) is 0 Å². The van der Waals surface area contributed by atoms with Crippen LogP contribution in [0.25, 0.3) is 11.3 Å². The van der Waals surface area contributed by atoms with Crippen LogP contribution in [0.1, 0.15) is 21.6 Å². The van der Waals surface area contributed by atoms with Crippen LogP contribution >= 0.6 is 0 Å².